The molecule has 0 aliphatic carbocycles. The summed E-state index contributed by atoms with van der Waals surface area (Å²) in [6.45, 7) is 6.04. The highest BCUT2D eigenvalue weighted by atomic mass is 127. The molecule has 0 aliphatic heterocycles. The Morgan fingerprint density at radius 1 is 1.05 bits per heavy atom. The number of nitrogens with one attached hydrogen (secondary N) is 1. The maximum Gasteiger partial charge on any atom is 0.255 e. The SMILES string of the molecule is Cc1cccc(C(=O)Nc2cc(C)c(I)cc2C)c1. The highest BCUT2D eigenvalue weighted by molar-refractivity contribution is 14.1. The lowest BCUT2D eigenvalue weighted by Crippen LogP contribution is -2.13. The zero-order chi connectivity index (χ0) is 14.0. The number of aryl methyl sites for hydroxylation is 3. The van der Waals surface area contributed by atoms with Gasteiger partial charge < -0.3 is 5.32 Å². The van der Waals surface area contributed by atoms with Crippen molar-refractivity contribution in [1.82, 2.24) is 0 Å². The third kappa shape index (κ3) is 3.35. The molecule has 19 heavy (non-hydrogen) atoms. The largest absolute Gasteiger partial charge is 0.322 e. The Hall–Kier alpha value is -1.36. The maximum atomic E-state index is 12.2. The molecule has 0 spiro atoms. The standard InChI is InChI=1S/C16H16INO/c1-10-5-4-6-13(7-10)16(19)18-15-9-11(2)14(17)8-12(15)3/h4-9H,1-3H3,(H,18,19). The Balaban J connectivity index is 2.27. The highest BCUT2D eigenvalue weighted by Crippen LogP contribution is 2.22. The molecular formula is C16H16INO. The second-order valence-electron chi connectivity index (χ2n) is 4.74. The van der Waals surface area contributed by atoms with E-state index in [1.54, 1.807) is 0 Å². The van der Waals surface area contributed by atoms with E-state index in [1.165, 1.54) is 9.13 Å². The van der Waals surface area contributed by atoms with Crippen LogP contribution in [0.1, 0.15) is 27.0 Å². The molecule has 0 fully saturated rings. The molecule has 0 atom stereocenters. The van der Waals surface area contributed by atoms with Crippen LogP contribution >= 0.6 is 22.6 Å². The maximum absolute atomic E-state index is 12.2. The summed E-state index contributed by atoms with van der Waals surface area (Å²) in [7, 11) is 0. The van der Waals surface area contributed by atoms with Crippen molar-refractivity contribution in [2.75, 3.05) is 5.32 Å². The summed E-state index contributed by atoms with van der Waals surface area (Å²) < 4.78 is 1.21. The average molecular weight is 365 g/mol. The number of amides is 1. The van der Waals surface area contributed by atoms with Gasteiger partial charge in [0.15, 0.2) is 0 Å². The van der Waals surface area contributed by atoms with Crippen LogP contribution in [0.2, 0.25) is 0 Å². The van der Waals surface area contributed by atoms with Crippen LogP contribution in [0.4, 0.5) is 5.69 Å². The van der Waals surface area contributed by atoms with E-state index in [-0.39, 0.29) is 5.91 Å². The van der Waals surface area contributed by atoms with E-state index in [0.717, 1.165) is 16.8 Å². The molecule has 0 saturated heterocycles. The molecule has 2 aromatic rings. The van der Waals surface area contributed by atoms with Crippen LogP contribution in [0, 0.1) is 24.3 Å². The van der Waals surface area contributed by atoms with Gasteiger partial charge >= 0.3 is 0 Å². The second kappa shape index (κ2) is 5.74. The molecule has 0 aliphatic rings. The van der Waals surface area contributed by atoms with Crippen molar-refractivity contribution in [3.8, 4) is 0 Å². The predicted octanol–water partition coefficient (Wildman–Crippen LogP) is 4.47. The molecular weight excluding hydrogens is 349 g/mol. The van der Waals surface area contributed by atoms with E-state index in [2.05, 4.69) is 34.0 Å². The van der Waals surface area contributed by atoms with Gasteiger partial charge in [0.05, 0.1) is 0 Å². The molecule has 0 saturated carbocycles. The molecule has 98 valence electrons. The van der Waals surface area contributed by atoms with Crippen LogP contribution in [0.15, 0.2) is 36.4 Å². The van der Waals surface area contributed by atoms with Gasteiger partial charge in [0.25, 0.3) is 5.91 Å². The van der Waals surface area contributed by atoms with Gasteiger partial charge in [-0.05, 0) is 78.8 Å². The van der Waals surface area contributed by atoms with Crippen LogP contribution < -0.4 is 5.32 Å². The van der Waals surface area contributed by atoms with Crippen molar-refractivity contribution in [2.24, 2.45) is 0 Å². The van der Waals surface area contributed by atoms with Gasteiger partial charge in [0.2, 0.25) is 0 Å². The number of benzene rings is 2. The Kier molecular flexibility index (Phi) is 4.24. The summed E-state index contributed by atoms with van der Waals surface area (Å²) in [6.07, 6.45) is 0. The van der Waals surface area contributed by atoms with E-state index in [0.29, 0.717) is 5.56 Å². The number of halogens is 1. The quantitative estimate of drug-likeness (QED) is 0.782. The second-order valence-corrected chi connectivity index (χ2v) is 5.90. The van der Waals surface area contributed by atoms with E-state index in [4.69, 9.17) is 0 Å². The first kappa shape index (κ1) is 14.1. The molecule has 1 amide bonds. The zero-order valence-corrected chi connectivity index (χ0v) is 13.4. The molecule has 1 N–H and O–H groups in total. The summed E-state index contributed by atoms with van der Waals surface area (Å²) in [5, 5.41) is 2.98. The van der Waals surface area contributed by atoms with Crippen molar-refractivity contribution in [3.05, 3.63) is 62.2 Å². The van der Waals surface area contributed by atoms with Crippen LogP contribution in [0.3, 0.4) is 0 Å². The Labute approximate surface area is 127 Å². The summed E-state index contributed by atoms with van der Waals surface area (Å²) in [6, 6.07) is 11.7. The van der Waals surface area contributed by atoms with E-state index in [1.807, 2.05) is 51.1 Å². The van der Waals surface area contributed by atoms with E-state index >= 15 is 0 Å². The lowest BCUT2D eigenvalue weighted by atomic mass is 10.1. The minimum atomic E-state index is -0.0626. The number of carbonyl (C=O) groups excluding carboxylic acids is 1. The fourth-order valence-electron chi connectivity index (χ4n) is 1.90. The van der Waals surface area contributed by atoms with Gasteiger partial charge in [-0.1, -0.05) is 17.7 Å². The number of hydrogen-bond acceptors (Lipinski definition) is 1. The molecule has 0 heterocycles. The lowest BCUT2D eigenvalue weighted by molar-refractivity contribution is 0.102. The number of anilines is 1. The minimum absolute atomic E-state index is 0.0626. The first-order valence-electron chi connectivity index (χ1n) is 6.12. The Bertz CT molecular complexity index is 635. The lowest BCUT2D eigenvalue weighted by Gasteiger charge is -2.11. The normalized spacial score (nSPS) is 10.3. The third-order valence-electron chi connectivity index (χ3n) is 3.03. The molecule has 2 aromatic carbocycles. The molecule has 0 radical (unpaired) electrons. The van der Waals surface area contributed by atoms with Crippen molar-refractivity contribution in [3.63, 3.8) is 0 Å². The smallest absolute Gasteiger partial charge is 0.255 e. The predicted molar refractivity (Wildman–Crippen MR) is 87.8 cm³/mol. The summed E-state index contributed by atoms with van der Waals surface area (Å²) >= 11 is 2.30. The number of hydrogen-bond donors (Lipinski definition) is 1. The number of carbonyl (C=O) groups is 1. The fraction of sp³-hybridized carbons (Fsp3) is 0.188. The van der Waals surface area contributed by atoms with Crippen molar-refractivity contribution in [1.29, 1.82) is 0 Å². The molecule has 0 bridgehead atoms. The Morgan fingerprint density at radius 2 is 1.79 bits per heavy atom. The van der Waals surface area contributed by atoms with Crippen molar-refractivity contribution >= 4 is 34.2 Å². The van der Waals surface area contributed by atoms with E-state index < -0.39 is 0 Å². The third-order valence-corrected chi connectivity index (χ3v) is 4.20. The summed E-state index contributed by atoms with van der Waals surface area (Å²) in [5.41, 5.74) is 4.91. The van der Waals surface area contributed by atoms with Gasteiger partial charge in [-0.2, -0.15) is 0 Å². The zero-order valence-electron chi connectivity index (χ0n) is 11.3. The molecule has 0 aromatic heterocycles. The van der Waals surface area contributed by atoms with Crippen LogP contribution in [0.5, 0.6) is 0 Å². The van der Waals surface area contributed by atoms with Gasteiger partial charge in [-0.15, -0.1) is 0 Å². The summed E-state index contributed by atoms with van der Waals surface area (Å²) in [4.78, 5) is 12.2. The highest BCUT2D eigenvalue weighted by Gasteiger charge is 2.09. The number of rotatable bonds is 2. The fourth-order valence-corrected chi connectivity index (χ4v) is 2.52. The van der Waals surface area contributed by atoms with Crippen LogP contribution in [-0.4, -0.2) is 5.91 Å². The first-order chi connectivity index (χ1) is 8.97. The Morgan fingerprint density at radius 3 is 2.47 bits per heavy atom. The van der Waals surface area contributed by atoms with Gasteiger partial charge in [-0.25, -0.2) is 0 Å². The van der Waals surface area contributed by atoms with Gasteiger partial charge in [0, 0.05) is 14.8 Å². The topological polar surface area (TPSA) is 29.1 Å². The van der Waals surface area contributed by atoms with Gasteiger partial charge in [0.1, 0.15) is 0 Å². The monoisotopic (exact) mass is 365 g/mol. The summed E-state index contributed by atoms with van der Waals surface area (Å²) in [5.74, 6) is -0.0626. The van der Waals surface area contributed by atoms with Crippen LogP contribution in [0.25, 0.3) is 0 Å². The molecule has 3 heteroatoms. The van der Waals surface area contributed by atoms with Crippen molar-refractivity contribution < 1.29 is 4.79 Å². The first-order valence-corrected chi connectivity index (χ1v) is 7.20. The minimum Gasteiger partial charge on any atom is -0.322 e. The van der Waals surface area contributed by atoms with Crippen molar-refractivity contribution in [2.45, 2.75) is 20.8 Å². The molecule has 0 unspecified atom stereocenters. The van der Waals surface area contributed by atoms with E-state index in [9.17, 15) is 4.79 Å². The average Bonchev–Trinajstić information content (AvgIpc) is 2.36. The molecule has 2 nitrogen and oxygen atoms in total. The van der Waals surface area contributed by atoms with Gasteiger partial charge in [-0.3, -0.25) is 4.79 Å². The molecule has 2 rings (SSSR count). The van der Waals surface area contributed by atoms with Crippen LogP contribution in [-0.2, 0) is 0 Å².